The number of rotatable bonds is 4. The molecular formula is C19H16BrNO4. The molecule has 0 aliphatic carbocycles. The first-order valence-electron chi connectivity index (χ1n) is 7.63. The van der Waals surface area contributed by atoms with E-state index in [4.69, 9.17) is 9.15 Å². The Morgan fingerprint density at radius 2 is 2.04 bits per heavy atom. The lowest BCUT2D eigenvalue weighted by Crippen LogP contribution is -2.24. The van der Waals surface area contributed by atoms with Crippen LogP contribution in [0.1, 0.15) is 18.2 Å². The summed E-state index contributed by atoms with van der Waals surface area (Å²) >= 11 is 3.46. The van der Waals surface area contributed by atoms with Crippen molar-refractivity contribution in [3.8, 4) is 0 Å². The molecule has 1 aromatic heterocycles. The average molecular weight is 402 g/mol. The number of carbonyl (C=O) groups excluding carboxylic acids is 2. The zero-order valence-corrected chi connectivity index (χ0v) is 15.4. The van der Waals surface area contributed by atoms with Crippen LogP contribution in [0.5, 0.6) is 0 Å². The molecule has 2 heterocycles. The minimum atomic E-state index is -0.536. The van der Waals surface area contributed by atoms with E-state index >= 15 is 0 Å². The van der Waals surface area contributed by atoms with Crippen LogP contribution in [-0.2, 0) is 20.9 Å². The minimum Gasteiger partial charge on any atom is -0.467 e. The quantitative estimate of drug-likeness (QED) is 0.575. The van der Waals surface area contributed by atoms with Crippen molar-refractivity contribution in [1.29, 1.82) is 0 Å². The van der Waals surface area contributed by atoms with Gasteiger partial charge in [0.1, 0.15) is 5.76 Å². The van der Waals surface area contributed by atoms with Gasteiger partial charge in [0.05, 0.1) is 31.1 Å². The number of carbonyl (C=O) groups is 2. The van der Waals surface area contributed by atoms with Crippen molar-refractivity contribution in [1.82, 2.24) is 4.90 Å². The number of hydrogen-bond donors (Lipinski definition) is 0. The molecule has 6 heteroatoms. The monoisotopic (exact) mass is 401 g/mol. The molecule has 25 heavy (non-hydrogen) atoms. The van der Waals surface area contributed by atoms with E-state index in [2.05, 4.69) is 15.9 Å². The van der Waals surface area contributed by atoms with Crippen molar-refractivity contribution >= 4 is 33.9 Å². The maximum Gasteiger partial charge on any atom is 0.340 e. The zero-order chi connectivity index (χ0) is 18.0. The number of ether oxygens (including phenoxy) is 1. The summed E-state index contributed by atoms with van der Waals surface area (Å²) in [6.07, 6.45) is 3.25. The maximum absolute atomic E-state index is 12.9. The lowest BCUT2D eigenvalue weighted by atomic mass is 10.0. The molecule has 1 amide bonds. The molecule has 1 aliphatic heterocycles. The highest BCUT2D eigenvalue weighted by Crippen LogP contribution is 2.33. The number of nitrogens with zero attached hydrogens (tertiary/aromatic N) is 1. The van der Waals surface area contributed by atoms with E-state index in [0.29, 0.717) is 17.0 Å². The fourth-order valence-corrected chi connectivity index (χ4v) is 3.12. The summed E-state index contributed by atoms with van der Waals surface area (Å²) in [4.78, 5) is 26.7. The van der Waals surface area contributed by atoms with Crippen molar-refractivity contribution in [2.24, 2.45) is 0 Å². The second kappa shape index (κ2) is 7.11. The topological polar surface area (TPSA) is 59.8 Å². The van der Waals surface area contributed by atoms with Crippen LogP contribution in [0.2, 0.25) is 0 Å². The molecule has 0 atom stereocenters. The summed E-state index contributed by atoms with van der Waals surface area (Å²) < 4.78 is 11.0. The molecule has 1 aliphatic rings. The molecule has 2 aromatic rings. The van der Waals surface area contributed by atoms with E-state index in [1.807, 2.05) is 24.3 Å². The molecule has 0 unspecified atom stereocenters. The van der Waals surface area contributed by atoms with E-state index in [1.54, 1.807) is 31.4 Å². The van der Waals surface area contributed by atoms with Gasteiger partial charge in [0.2, 0.25) is 0 Å². The van der Waals surface area contributed by atoms with Crippen LogP contribution in [0.4, 0.5) is 0 Å². The number of amides is 1. The van der Waals surface area contributed by atoms with Gasteiger partial charge in [0, 0.05) is 10.2 Å². The average Bonchev–Trinajstić information content (AvgIpc) is 3.19. The molecule has 0 saturated carbocycles. The van der Waals surface area contributed by atoms with Crippen LogP contribution in [0.25, 0.3) is 6.08 Å². The molecular weight excluding hydrogens is 386 g/mol. The summed E-state index contributed by atoms with van der Waals surface area (Å²) in [5, 5.41) is 0. The third-order valence-electron chi connectivity index (χ3n) is 4.00. The number of hydrogen-bond acceptors (Lipinski definition) is 4. The molecule has 128 valence electrons. The first-order chi connectivity index (χ1) is 12.0. The van der Waals surface area contributed by atoms with Crippen LogP contribution in [-0.4, -0.2) is 23.9 Å². The Hall–Kier alpha value is -2.60. The lowest BCUT2D eigenvalue weighted by molar-refractivity contribution is -0.136. The number of halogens is 1. The first-order valence-corrected chi connectivity index (χ1v) is 8.42. The minimum absolute atomic E-state index is 0.255. The first kappa shape index (κ1) is 17.2. The van der Waals surface area contributed by atoms with Gasteiger partial charge in [0.25, 0.3) is 5.91 Å². The fraction of sp³-hybridized carbons (Fsp3) is 0.158. The van der Waals surface area contributed by atoms with Gasteiger partial charge in [-0.2, -0.15) is 0 Å². The van der Waals surface area contributed by atoms with Gasteiger partial charge >= 0.3 is 5.97 Å². The number of furan rings is 1. The van der Waals surface area contributed by atoms with Crippen molar-refractivity contribution in [2.45, 2.75) is 13.5 Å². The van der Waals surface area contributed by atoms with E-state index in [0.717, 1.165) is 10.0 Å². The third kappa shape index (κ3) is 3.30. The fourth-order valence-electron chi connectivity index (χ4n) is 2.72. The molecule has 0 bridgehead atoms. The Labute approximate surface area is 153 Å². The highest BCUT2D eigenvalue weighted by Gasteiger charge is 2.37. The number of allylic oxidation sites excluding steroid dienone is 1. The molecule has 0 radical (unpaired) electrons. The van der Waals surface area contributed by atoms with E-state index in [1.165, 1.54) is 12.0 Å². The largest absolute Gasteiger partial charge is 0.467 e. The smallest absolute Gasteiger partial charge is 0.340 e. The Morgan fingerprint density at radius 3 is 2.68 bits per heavy atom. The maximum atomic E-state index is 12.9. The van der Waals surface area contributed by atoms with Crippen molar-refractivity contribution in [2.75, 3.05) is 7.11 Å². The summed E-state index contributed by atoms with van der Waals surface area (Å²) in [6.45, 7) is 1.99. The second-order valence-electron chi connectivity index (χ2n) is 5.50. The Bertz CT molecular complexity index is 881. The molecule has 0 N–H and O–H groups in total. The second-order valence-corrected chi connectivity index (χ2v) is 6.36. The van der Waals surface area contributed by atoms with Crippen LogP contribution in [0.15, 0.2) is 68.4 Å². The van der Waals surface area contributed by atoms with Crippen molar-refractivity contribution in [3.63, 3.8) is 0 Å². The van der Waals surface area contributed by atoms with Gasteiger partial charge in [0.15, 0.2) is 0 Å². The molecule has 1 aromatic carbocycles. The van der Waals surface area contributed by atoms with Gasteiger partial charge in [-0.15, -0.1) is 0 Å². The molecule has 0 spiro atoms. The lowest BCUT2D eigenvalue weighted by Gasteiger charge is -2.16. The normalized spacial score (nSPS) is 16.0. The van der Waals surface area contributed by atoms with Gasteiger partial charge in [-0.3, -0.25) is 4.79 Å². The van der Waals surface area contributed by atoms with Gasteiger partial charge in [-0.1, -0.05) is 34.1 Å². The zero-order valence-electron chi connectivity index (χ0n) is 13.8. The van der Waals surface area contributed by atoms with E-state index in [-0.39, 0.29) is 18.0 Å². The summed E-state index contributed by atoms with van der Waals surface area (Å²) in [5.74, 6) is -0.157. The molecule has 0 saturated heterocycles. The highest BCUT2D eigenvalue weighted by molar-refractivity contribution is 9.10. The Kier molecular flexibility index (Phi) is 4.90. The van der Waals surface area contributed by atoms with Crippen LogP contribution < -0.4 is 0 Å². The number of methoxy groups -OCH3 is 1. The summed E-state index contributed by atoms with van der Waals surface area (Å²) in [6, 6.07) is 11.0. The molecule has 5 nitrogen and oxygen atoms in total. The predicted molar refractivity (Wildman–Crippen MR) is 96.1 cm³/mol. The van der Waals surface area contributed by atoms with Crippen LogP contribution >= 0.6 is 15.9 Å². The third-order valence-corrected chi connectivity index (χ3v) is 4.72. The van der Waals surface area contributed by atoms with Crippen LogP contribution in [0, 0.1) is 0 Å². The highest BCUT2D eigenvalue weighted by atomic mass is 79.9. The van der Waals surface area contributed by atoms with Gasteiger partial charge < -0.3 is 14.1 Å². The summed E-state index contributed by atoms with van der Waals surface area (Å²) in [7, 11) is 1.30. The molecule has 3 rings (SSSR count). The standard InChI is InChI=1S/C19H16BrNO4/c1-12-17(19(23)24-2)15(10-13-6-3-4-8-16(13)20)18(22)21(12)11-14-7-5-9-25-14/h3-10H,11H2,1-2H3/b15-10-. The van der Waals surface area contributed by atoms with Gasteiger partial charge in [-0.05, 0) is 36.8 Å². The SMILES string of the molecule is COC(=O)C1=C(C)N(Cc2ccco2)C(=O)/C1=C\c1ccccc1Br. The Balaban J connectivity index is 2.06. The Morgan fingerprint density at radius 1 is 1.28 bits per heavy atom. The van der Waals surface area contributed by atoms with Crippen molar-refractivity contribution < 1.29 is 18.7 Å². The van der Waals surface area contributed by atoms with Gasteiger partial charge in [-0.25, -0.2) is 4.79 Å². The van der Waals surface area contributed by atoms with E-state index < -0.39 is 5.97 Å². The number of esters is 1. The van der Waals surface area contributed by atoms with E-state index in [9.17, 15) is 9.59 Å². The van der Waals surface area contributed by atoms with Crippen molar-refractivity contribution in [3.05, 3.63) is 75.3 Å². The molecule has 0 fully saturated rings. The van der Waals surface area contributed by atoms with Crippen LogP contribution in [0.3, 0.4) is 0 Å². The predicted octanol–water partition coefficient (Wildman–Crippen LogP) is 3.91. The number of benzene rings is 1. The summed E-state index contributed by atoms with van der Waals surface area (Å²) in [5.41, 5.74) is 1.93.